The Balaban J connectivity index is 2.31. The van der Waals surface area contributed by atoms with E-state index in [1.54, 1.807) is 0 Å². The van der Waals surface area contributed by atoms with Crippen molar-refractivity contribution in [1.29, 1.82) is 0 Å². The Morgan fingerprint density at radius 1 is 1.18 bits per heavy atom. The predicted octanol–water partition coefficient (Wildman–Crippen LogP) is 2.26. The number of nitrogens with one attached hydrogen (secondary N) is 1. The highest BCUT2D eigenvalue weighted by Crippen LogP contribution is 2.31. The van der Waals surface area contributed by atoms with Gasteiger partial charge in [-0.05, 0) is 16.8 Å². The van der Waals surface area contributed by atoms with Crippen LogP contribution in [0.25, 0.3) is 10.8 Å². The van der Waals surface area contributed by atoms with Crippen LogP contribution >= 0.6 is 0 Å². The van der Waals surface area contributed by atoms with Crippen molar-refractivity contribution in [1.82, 2.24) is 0 Å². The molecule has 1 unspecified atom stereocenters. The van der Waals surface area contributed by atoms with Gasteiger partial charge in [0.1, 0.15) is 6.29 Å². The van der Waals surface area contributed by atoms with Crippen LogP contribution in [0.2, 0.25) is 0 Å². The maximum atomic E-state index is 12.2. The Labute approximate surface area is 98.4 Å². The molecule has 3 rings (SSSR count). The number of aldehydes is 1. The van der Waals surface area contributed by atoms with Crippen LogP contribution in [0, 0.1) is 5.92 Å². The molecule has 0 saturated carbocycles. The van der Waals surface area contributed by atoms with E-state index in [1.807, 2.05) is 36.4 Å². The summed E-state index contributed by atoms with van der Waals surface area (Å²) in [6, 6.07) is 11.6. The van der Waals surface area contributed by atoms with E-state index in [0.29, 0.717) is 12.1 Å². The minimum atomic E-state index is -0.562. The van der Waals surface area contributed by atoms with Crippen LogP contribution in [-0.2, 0) is 4.79 Å². The summed E-state index contributed by atoms with van der Waals surface area (Å²) in [6.45, 7) is 0.397. The van der Waals surface area contributed by atoms with E-state index in [4.69, 9.17) is 0 Å². The number of fused-ring (bicyclic) bond motifs is 3. The lowest BCUT2D eigenvalue weighted by molar-refractivity contribution is -0.109. The molecule has 1 atom stereocenters. The molecule has 2 aromatic carbocycles. The number of rotatable bonds is 1. The van der Waals surface area contributed by atoms with Crippen molar-refractivity contribution >= 4 is 28.5 Å². The number of benzene rings is 2. The van der Waals surface area contributed by atoms with Gasteiger partial charge in [0.2, 0.25) is 0 Å². The molecule has 0 aliphatic carbocycles. The van der Waals surface area contributed by atoms with Gasteiger partial charge in [0, 0.05) is 17.8 Å². The molecule has 0 radical (unpaired) electrons. The molecule has 0 bridgehead atoms. The van der Waals surface area contributed by atoms with Gasteiger partial charge in [-0.15, -0.1) is 0 Å². The monoisotopic (exact) mass is 225 g/mol. The molecule has 17 heavy (non-hydrogen) atoms. The summed E-state index contributed by atoms with van der Waals surface area (Å²) in [6.07, 6.45) is 0.722. The number of Topliss-reactive ketones (excluding diaryl/α,β-unsaturated/α-hetero) is 1. The average Bonchev–Trinajstić information content (AvgIpc) is 2.38. The summed E-state index contributed by atoms with van der Waals surface area (Å²) in [5.41, 5.74) is 1.47. The molecule has 1 aliphatic rings. The van der Waals surface area contributed by atoms with Gasteiger partial charge in [-0.1, -0.05) is 30.3 Å². The zero-order chi connectivity index (χ0) is 11.8. The predicted molar refractivity (Wildman–Crippen MR) is 66.3 cm³/mol. The quantitative estimate of drug-likeness (QED) is 0.598. The van der Waals surface area contributed by atoms with Crippen molar-refractivity contribution in [3.63, 3.8) is 0 Å². The molecule has 0 saturated heterocycles. The number of anilines is 1. The average molecular weight is 225 g/mol. The van der Waals surface area contributed by atoms with Gasteiger partial charge in [0.25, 0.3) is 0 Å². The molecule has 84 valence electrons. The number of ketones is 1. The lowest BCUT2D eigenvalue weighted by atomic mass is 9.89. The van der Waals surface area contributed by atoms with Crippen molar-refractivity contribution in [2.24, 2.45) is 5.92 Å². The topological polar surface area (TPSA) is 46.2 Å². The summed E-state index contributed by atoms with van der Waals surface area (Å²) in [7, 11) is 0. The number of carbonyl (C=O) groups excluding carboxylic acids is 2. The van der Waals surface area contributed by atoms with Crippen LogP contribution in [0.5, 0.6) is 0 Å². The zero-order valence-corrected chi connectivity index (χ0v) is 9.14. The second-order valence-electron chi connectivity index (χ2n) is 4.20. The highest BCUT2D eigenvalue weighted by Gasteiger charge is 2.28. The van der Waals surface area contributed by atoms with Crippen LogP contribution in [0.15, 0.2) is 36.4 Å². The van der Waals surface area contributed by atoms with Gasteiger partial charge >= 0.3 is 0 Å². The summed E-state index contributed by atoms with van der Waals surface area (Å²) in [5.74, 6) is -0.640. The molecule has 0 spiro atoms. The van der Waals surface area contributed by atoms with Gasteiger partial charge in [0.05, 0.1) is 5.92 Å². The molecular formula is C14H11NO2. The van der Waals surface area contributed by atoms with Gasteiger partial charge in [-0.25, -0.2) is 0 Å². The van der Waals surface area contributed by atoms with Crippen LogP contribution in [-0.4, -0.2) is 18.6 Å². The van der Waals surface area contributed by atoms with E-state index >= 15 is 0 Å². The maximum absolute atomic E-state index is 12.2. The maximum Gasteiger partial charge on any atom is 0.177 e. The van der Waals surface area contributed by atoms with Gasteiger partial charge < -0.3 is 10.1 Å². The number of hydrogen-bond donors (Lipinski definition) is 1. The molecule has 0 aromatic heterocycles. The second-order valence-corrected chi connectivity index (χ2v) is 4.20. The van der Waals surface area contributed by atoms with Crippen LogP contribution in [0.3, 0.4) is 0 Å². The highest BCUT2D eigenvalue weighted by molar-refractivity contribution is 6.18. The van der Waals surface area contributed by atoms with E-state index in [1.165, 1.54) is 0 Å². The molecule has 0 amide bonds. The van der Waals surface area contributed by atoms with Gasteiger partial charge in [0.15, 0.2) is 5.78 Å². The first-order valence-corrected chi connectivity index (χ1v) is 5.56. The standard InChI is InChI=1S/C14H11NO2/c16-8-10-7-15-12-6-5-9-3-1-2-4-11(9)13(12)14(10)17/h1-6,8,10,15H,7H2. The van der Waals surface area contributed by atoms with Crippen molar-refractivity contribution in [3.05, 3.63) is 42.0 Å². The Morgan fingerprint density at radius 3 is 2.82 bits per heavy atom. The van der Waals surface area contributed by atoms with Crippen LogP contribution < -0.4 is 5.32 Å². The third-order valence-electron chi connectivity index (χ3n) is 3.19. The fourth-order valence-corrected chi connectivity index (χ4v) is 2.29. The molecule has 0 fully saturated rings. The fourth-order valence-electron chi connectivity index (χ4n) is 2.29. The Kier molecular flexibility index (Phi) is 2.18. The third-order valence-corrected chi connectivity index (χ3v) is 3.19. The SMILES string of the molecule is O=CC1CNc2ccc3ccccc3c2C1=O. The lowest BCUT2D eigenvalue weighted by Crippen LogP contribution is -2.30. The van der Waals surface area contributed by atoms with Crippen molar-refractivity contribution in [3.8, 4) is 0 Å². The summed E-state index contributed by atoms with van der Waals surface area (Å²) < 4.78 is 0. The molecule has 2 aromatic rings. The van der Waals surface area contributed by atoms with Gasteiger partial charge in [-0.3, -0.25) is 4.79 Å². The molecule has 3 nitrogen and oxygen atoms in total. The molecule has 1 N–H and O–H groups in total. The largest absolute Gasteiger partial charge is 0.383 e. The molecule has 3 heteroatoms. The fraction of sp³-hybridized carbons (Fsp3) is 0.143. The Morgan fingerprint density at radius 2 is 2.00 bits per heavy atom. The first-order chi connectivity index (χ1) is 8.31. The zero-order valence-electron chi connectivity index (χ0n) is 9.14. The van der Waals surface area contributed by atoms with E-state index < -0.39 is 5.92 Å². The molecule has 1 aliphatic heterocycles. The van der Waals surface area contributed by atoms with Crippen molar-refractivity contribution in [2.45, 2.75) is 0 Å². The van der Waals surface area contributed by atoms with E-state index in [2.05, 4.69) is 5.32 Å². The Hall–Kier alpha value is -2.16. The first-order valence-electron chi connectivity index (χ1n) is 5.56. The summed E-state index contributed by atoms with van der Waals surface area (Å²) >= 11 is 0. The van der Waals surface area contributed by atoms with Gasteiger partial charge in [-0.2, -0.15) is 0 Å². The molecule has 1 heterocycles. The Bertz CT molecular complexity index is 619. The van der Waals surface area contributed by atoms with Crippen molar-refractivity contribution < 1.29 is 9.59 Å². The second kappa shape index (κ2) is 3.70. The number of carbonyl (C=O) groups is 2. The highest BCUT2D eigenvalue weighted by atomic mass is 16.1. The van der Waals surface area contributed by atoms with Crippen LogP contribution in [0.1, 0.15) is 10.4 Å². The number of hydrogen-bond acceptors (Lipinski definition) is 3. The summed E-state index contributed by atoms with van der Waals surface area (Å²) in [4.78, 5) is 23.0. The summed E-state index contributed by atoms with van der Waals surface area (Å²) in [5, 5.41) is 5.07. The minimum Gasteiger partial charge on any atom is -0.383 e. The normalized spacial score (nSPS) is 18.6. The van der Waals surface area contributed by atoms with E-state index in [-0.39, 0.29) is 5.78 Å². The smallest absolute Gasteiger partial charge is 0.177 e. The van der Waals surface area contributed by atoms with Crippen molar-refractivity contribution in [2.75, 3.05) is 11.9 Å². The third kappa shape index (κ3) is 1.43. The minimum absolute atomic E-state index is 0.0782. The molecular weight excluding hydrogens is 214 g/mol. The van der Waals surface area contributed by atoms with Crippen LogP contribution in [0.4, 0.5) is 5.69 Å². The van der Waals surface area contributed by atoms with E-state index in [0.717, 1.165) is 22.7 Å². The van der Waals surface area contributed by atoms with E-state index in [9.17, 15) is 9.59 Å². The lowest BCUT2D eigenvalue weighted by Gasteiger charge is -2.22. The first kappa shape index (κ1) is 10.0.